The summed E-state index contributed by atoms with van der Waals surface area (Å²) in [5.74, 6) is 0.262. The zero-order chi connectivity index (χ0) is 25.4. The number of aromatic amines is 1. The van der Waals surface area contributed by atoms with Crippen LogP contribution in [0.5, 0.6) is 0 Å². The Hall–Kier alpha value is -3.69. The van der Waals surface area contributed by atoms with Crippen LogP contribution < -0.4 is 21.9 Å². The first kappa shape index (κ1) is 25.9. The fourth-order valence-corrected chi connectivity index (χ4v) is 3.98. The average molecular weight is 483 g/mol. The van der Waals surface area contributed by atoms with Crippen molar-refractivity contribution in [2.75, 3.05) is 10.6 Å². The van der Waals surface area contributed by atoms with Gasteiger partial charge in [-0.2, -0.15) is 0 Å². The summed E-state index contributed by atoms with van der Waals surface area (Å²) in [5, 5.41) is 5.53. The Morgan fingerprint density at radius 3 is 2.17 bits per heavy atom. The third kappa shape index (κ3) is 6.68. The van der Waals surface area contributed by atoms with E-state index in [1.807, 2.05) is 11.5 Å². The molecule has 2 heterocycles. The van der Waals surface area contributed by atoms with E-state index in [4.69, 9.17) is 0 Å². The van der Waals surface area contributed by atoms with Gasteiger partial charge in [0, 0.05) is 44.2 Å². The van der Waals surface area contributed by atoms with E-state index in [0.717, 1.165) is 32.1 Å². The minimum Gasteiger partial charge on any atom is -0.326 e. The van der Waals surface area contributed by atoms with Crippen molar-refractivity contribution in [3.63, 3.8) is 0 Å². The standard InChI is InChI=1S/C25H34N6O4/c1-4-6-8-16-30-20(28-23-22(30)24(34)29-25(35)31(23)15-7-5-2)13-14-21(33)27-19-11-9-18(10-12-19)26-17(3)32/h9-12H,4-8,13-16H2,1-3H3,(H,26,32)(H,27,33)(H,29,34,35). The number of benzene rings is 1. The first-order valence-corrected chi connectivity index (χ1v) is 12.2. The van der Waals surface area contributed by atoms with E-state index in [1.165, 1.54) is 11.5 Å². The van der Waals surface area contributed by atoms with E-state index in [-0.39, 0.29) is 18.2 Å². The Bertz CT molecular complexity index is 1290. The molecule has 3 rings (SSSR count). The molecule has 0 aliphatic rings. The molecule has 0 unspecified atom stereocenters. The molecule has 35 heavy (non-hydrogen) atoms. The van der Waals surface area contributed by atoms with Crippen LogP contribution in [0.25, 0.3) is 11.2 Å². The highest BCUT2D eigenvalue weighted by Gasteiger charge is 2.19. The van der Waals surface area contributed by atoms with Gasteiger partial charge < -0.3 is 15.2 Å². The second-order valence-corrected chi connectivity index (χ2v) is 8.63. The van der Waals surface area contributed by atoms with Crippen LogP contribution in [0.4, 0.5) is 11.4 Å². The van der Waals surface area contributed by atoms with Crippen LogP contribution in [0.3, 0.4) is 0 Å². The van der Waals surface area contributed by atoms with Crippen LogP contribution in [-0.2, 0) is 29.1 Å². The number of aryl methyl sites for hydroxylation is 3. The molecule has 10 nitrogen and oxygen atoms in total. The lowest BCUT2D eigenvalue weighted by Crippen LogP contribution is -2.31. The average Bonchev–Trinajstić information content (AvgIpc) is 3.17. The number of nitrogens with zero attached hydrogens (tertiary/aromatic N) is 3. The molecule has 2 amide bonds. The van der Waals surface area contributed by atoms with Gasteiger partial charge in [-0.1, -0.05) is 33.1 Å². The number of amides is 2. The number of nitrogens with one attached hydrogen (secondary N) is 3. The van der Waals surface area contributed by atoms with Crippen LogP contribution in [0.1, 0.15) is 65.1 Å². The van der Waals surface area contributed by atoms with Gasteiger partial charge in [0.2, 0.25) is 11.8 Å². The van der Waals surface area contributed by atoms with Gasteiger partial charge >= 0.3 is 5.69 Å². The third-order valence-electron chi connectivity index (χ3n) is 5.75. The van der Waals surface area contributed by atoms with Gasteiger partial charge in [-0.15, -0.1) is 0 Å². The predicted molar refractivity (Wildman–Crippen MR) is 137 cm³/mol. The monoisotopic (exact) mass is 482 g/mol. The number of hydrogen-bond donors (Lipinski definition) is 3. The zero-order valence-corrected chi connectivity index (χ0v) is 20.6. The molecule has 0 saturated carbocycles. The molecule has 0 saturated heterocycles. The smallest absolute Gasteiger partial charge is 0.326 e. The SMILES string of the molecule is CCCCCn1c(CCC(=O)Nc2ccc(NC(C)=O)cc2)nc2c1c(=O)[nH]c(=O)n2CCCC. The molecule has 2 aromatic heterocycles. The maximum absolute atomic E-state index is 12.7. The molecule has 0 bridgehead atoms. The van der Waals surface area contributed by atoms with Crippen molar-refractivity contribution >= 4 is 34.4 Å². The van der Waals surface area contributed by atoms with Gasteiger partial charge in [0.15, 0.2) is 11.2 Å². The van der Waals surface area contributed by atoms with Gasteiger partial charge in [-0.25, -0.2) is 9.78 Å². The number of rotatable bonds is 12. The van der Waals surface area contributed by atoms with Gasteiger partial charge in [-0.3, -0.25) is 23.9 Å². The molecule has 0 atom stereocenters. The van der Waals surface area contributed by atoms with Crippen molar-refractivity contribution < 1.29 is 9.59 Å². The van der Waals surface area contributed by atoms with Crippen molar-refractivity contribution in [1.82, 2.24) is 19.1 Å². The summed E-state index contributed by atoms with van der Waals surface area (Å²) >= 11 is 0. The van der Waals surface area contributed by atoms with Gasteiger partial charge in [0.05, 0.1) is 0 Å². The summed E-state index contributed by atoms with van der Waals surface area (Å²) < 4.78 is 3.39. The highest BCUT2D eigenvalue weighted by atomic mass is 16.2. The van der Waals surface area contributed by atoms with E-state index in [9.17, 15) is 19.2 Å². The van der Waals surface area contributed by atoms with Crippen molar-refractivity contribution in [2.24, 2.45) is 0 Å². The maximum Gasteiger partial charge on any atom is 0.330 e. The second-order valence-electron chi connectivity index (χ2n) is 8.63. The minimum absolute atomic E-state index is 0.164. The molecule has 188 valence electrons. The van der Waals surface area contributed by atoms with Crippen LogP contribution >= 0.6 is 0 Å². The number of carbonyl (C=O) groups is 2. The van der Waals surface area contributed by atoms with Crippen molar-refractivity contribution in [1.29, 1.82) is 0 Å². The largest absolute Gasteiger partial charge is 0.330 e. The van der Waals surface area contributed by atoms with Crippen molar-refractivity contribution in [3.8, 4) is 0 Å². The molecule has 0 spiro atoms. The van der Waals surface area contributed by atoms with E-state index < -0.39 is 11.2 Å². The Labute approximate surface area is 203 Å². The molecule has 1 aromatic carbocycles. The summed E-state index contributed by atoms with van der Waals surface area (Å²) in [5.41, 5.74) is 1.13. The lowest BCUT2D eigenvalue weighted by Gasteiger charge is -2.10. The Kier molecular flexibility index (Phi) is 8.99. The molecular weight excluding hydrogens is 448 g/mol. The maximum atomic E-state index is 12.7. The molecule has 0 fully saturated rings. The lowest BCUT2D eigenvalue weighted by atomic mass is 10.2. The Balaban J connectivity index is 1.82. The minimum atomic E-state index is -0.457. The highest BCUT2D eigenvalue weighted by molar-refractivity contribution is 5.92. The van der Waals surface area contributed by atoms with E-state index in [2.05, 4.69) is 27.5 Å². The highest BCUT2D eigenvalue weighted by Crippen LogP contribution is 2.17. The number of hydrogen-bond acceptors (Lipinski definition) is 5. The normalized spacial score (nSPS) is 11.1. The first-order chi connectivity index (χ1) is 16.8. The molecule has 0 aliphatic carbocycles. The number of carbonyl (C=O) groups excluding carboxylic acids is 2. The van der Waals surface area contributed by atoms with Crippen LogP contribution in [0, 0.1) is 0 Å². The Morgan fingerprint density at radius 2 is 1.54 bits per heavy atom. The molecule has 3 N–H and O–H groups in total. The number of anilines is 2. The number of aromatic nitrogens is 4. The fraction of sp³-hybridized carbons (Fsp3) is 0.480. The molecule has 3 aromatic rings. The molecule has 10 heteroatoms. The molecular formula is C25H34N6O4. The van der Waals surface area contributed by atoms with E-state index in [1.54, 1.807) is 24.3 Å². The Morgan fingerprint density at radius 1 is 0.914 bits per heavy atom. The van der Waals surface area contributed by atoms with Crippen molar-refractivity contribution in [2.45, 2.75) is 78.8 Å². The lowest BCUT2D eigenvalue weighted by molar-refractivity contribution is -0.116. The fourth-order valence-electron chi connectivity index (χ4n) is 3.98. The summed E-state index contributed by atoms with van der Waals surface area (Å²) in [4.78, 5) is 56.1. The summed E-state index contributed by atoms with van der Waals surface area (Å²) in [6, 6.07) is 6.86. The summed E-state index contributed by atoms with van der Waals surface area (Å²) in [7, 11) is 0. The predicted octanol–water partition coefficient (Wildman–Crippen LogP) is 3.41. The van der Waals surface area contributed by atoms with Crippen LogP contribution in [-0.4, -0.2) is 30.9 Å². The number of fused-ring (bicyclic) bond motifs is 1. The van der Waals surface area contributed by atoms with E-state index >= 15 is 0 Å². The van der Waals surface area contributed by atoms with Crippen LogP contribution in [0.15, 0.2) is 33.9 Å². The van der Waals surface area contributed by atoms with Gasteiger partial charge in [0.25, 0.3) is 5.56 Å². The van der Waals surface area contributed by atoms with Gasteiger partial charge in [-0.05, 0) is 37.1 Å². The summed E-state index contributed by atoms with van der Waals surface area (Å²) in [6.45, 7) is 6.65. The quantitative estimate of drug-likeness (QED) is 0.341. The van der Waals surface area contributed by atoms with E-state index in [0.29, 0.717) is 47.9 Å². The van der Waals surface area contributed by atoms with Gasteiger partial charge in [0.1, 0.15) is 5.82 Å². The topological polar surface area (TPSA) is 131 Å². The summed E-state index contributed by atoms with van der Waals surface area (Å²) in [6.07, 6.45) is 5.10. The first-order valence-electron chi connectivity index (χ1n) is 12.2. The second kappa shape index (κ2) is 12.1. The number of imidazole rings is 1. The number of unbranched alkanes of at least 4 members (excludes halogenated alkanes) is 3. The number of H-pyrrole nitrogens is 1. The van der Waals surface area contributed by atoms with Crippen molar-refractivity contribution in [3.05, 3.63) is 50.9 Å². The molecule has 0 radical (unpaired) electrons. The zero-order valence-electron chi connectivity index (χ0n) is 20.6. The van der Waals surface area contributed by atoms with Crippen LogP contribution in [0.2, 0.25) is 0 Å². The third-order valence-corrected chi connectivity index (χ3v) is 5.75. The molecule has 0 aliphatic heterocycles.